The zero-order valence-corrected chi connectivity index (χ0v) is 10.9. The Morgan fingerprint density at radius 1 is 1.25 bits per heavy atom. The Balaban J connectivity index is 2.36. The van der Waals surface area contributed by atoms with E-state index in [0.717, 1.165) is 6.42 Å². The molecule has 1 amide bonds. The van der Waals surface area contributed by atoms with Crippen molar-refractivity contribution in [2.75, 3.05) is 7.05 Å². The van der Waals surface area contributed by atoms with Crippen LogP contribution in [-0.2, 0) is 4.79 Å². The lowest BCUT2D eigenvalue weighted by atomic mass is 10.0. The molecule has 0 spiro atoms. The second kappa shape index (κ2) is 3.88. The molecule has 0 saturated carbocycles. The highest BCUT2D eigenvalue weighted by atomic mass is 16.2. The van der Waals surface area contributed by atoms with Crippen molar-refractivity contribution < 1.29 is 4.79 Å². The Labute approximate surface area is 98.1 Å². The van der Waals surface area contributed by atoms with Crippen LogP contribution >= 0.6 is 0 Å². The van der Waals surface area contributed by atoms with E-state index in [1.807, 2.05) is 18.0 Å². The summed E-state index contributed by atoms with van der Waals surface area (Å²) in [6.45, 7) is 8.53. The first kappa shape index (κ1) is 11.6. The van der Waals surface area contributed by atoms with Crippen LogP contribution in [0, 0.1) is 5.92 Å². The molecule has 2 heterocycles. The van der Waals surface area contributed by atoms with E-state index in [1.165, 1.54) is 5.57 Å². The molecule has 1 fully saturated rings. The topological polar surface area (TPSA) is 23.6 Å². The molecule has 3 nitrogen and oxygen atoms in total. The molecule has 0 radical (unpaired) electrons. The number of rotatable bonds is 0. The largest absolute Gasteiger partial charge is 0.314 e. The van der Waals surface area contributed by atoms with Crippen LogP contribution in [0.4, 0.5) is 0 Å². The van der Waals surface area contributed by atoms with Crippen molar-refractivity contribution in [3.63, 3.8) is 0 Å². The third kappa shape index (κ3) is 1.58. The zero-order valence-electron chi connectivity index (χ0n) is 10.9. The van der Waals surface area contributed by atoms with Crippen LogP contribution < -0.4 is 0 Å². The van der Waals surface area contributed by atoms with Crippen molar-refractivity contribution in [3.05, 3.63) is 11.8 Å². The van der Waals surface area contributed by atoms with Crippen LogP contribution in [0.1, 0.15) is 34.1 Å². The third-order valence-electron chi connectivity index (χ3n) is 4.46. The van der Waals surface area contributed by atoms with Crippen LogP contribution in [0.15, 0.2) is 11.8 Å². The number of carbonyl (C=O) groups excluding carboxylic acids is 1. The summed E-state index contributed by atoms with van der Waals surface area (Å²) in [7, 11) is 2.14. The minimum Gasteiger partial charge on any atom is -0.314 e. The molecule has 3 heteroatoms. The van der Waals surface area contributed by atoms with Crippen molar-refractivity contribution in [1.82, 2.24) is 9.80 Å². The van der Waals surface area contributed by atoms with Crippen LogP contribution in [-0.4, -0.2) is 40.9 Å². The van der Waals surface area contributed by atoms with Gasteiger partial charge in [0.15, 0.2) is 0 Å². The molecule has 0 aliphatic carbocycles. The van der Waals surface area contributed by atoms with Gasteiger partial charge in [0.1, 0.15) is 0 Å². The van der Waals surface area contributed by atoms with Gasteiger partial charge in [-0.05, 0) is 34.2 Å². The lowest BCUT2D eigenvalue weighted by molar-refractivity contribution is -0.133. The molecule has 2 aliphatic heterocycles. The van der Waals surface area contributed by atoms with E-state index < -0.39 is 0 Å². The number of fused-ring (bicyclic) bond motifs is 1. The molecule has 4 unspecified atom stereocenters. The molecule has 1 saturated heterocycles. The summed E-state index contributed by atoms with van der Waals surface area (Å²) in [5.41, 5.74) is 1.32. The fourth-order valence-electron chi connectivity index (χ4n) is 2.88. The summed E-state index contributed by atoms with van der Waals surface area (Å²) in [5.74, 6) is 0.366. The molecule has 0 N–H and O–H groups in total. The summed E-state index contributed by atoms with van der Waals surface area (Å²) < 4.78 is 0. The summed E-state index contributed by atoms with van der Waals surface area (Å²) in [4.78, 5) is 16.7. The smallest absolute Gasteiger partial charge is 0.231 e. The Morgan fingerprint density at radius 3 is 2.50 bits per heavy atom. The maximum Gasteiger partial charge on any atom is 0.231 e. The fraction of sp³-hybridized carbons (Fsp3) is 0.769. The quantitative estimate of drug-likeness (QED) is 0.624. The van der Waals surface area contributed by atoms with Gasteiger partial charge in [0.2, 0.25) is 5.91 Å². The molecule has 0 aromatic heterocycles. The van der Waals surface area contributed by atoms with E-state index >= 15 is 0 Å². The molecular formula is C13H22N2O. The van der Waals surface area contributed by atoms with Crippen LogP contribution in [0.2, 0.25) is 0 Å². The highest BCUT2D eigenvalue weighted by molar-refractivity contribution is 5.81. The number of carbonyl (C=O) groups is 1. The first-order valence-corrected chi connectivity index (χ1v) is 6.15. The molecule has 4 atom stereocenters. The van der Waals surface area contributed by atoms with Gasteiger partial charge in [-0.2, -0.15) is 0 Å². The molecule has 0 bridgehead atoms. The van der Waals surface area contributed by atoms with Crippen molar-refractivity contribution in [3.8, 4) is 0 Å². The van der Waals surface area contributed by atoms with Gasteiger partial charge in [0.05, 0.1) is 12.0 Å². The second-order valence-electron chi connectivity index (χ2n) is 5.43. The Bertz CT molecular complexity index is 337. The predicted octanol–water partition coefficient (Wildman–Crippen LogP) is 1.85. The third-order valence-corrected chi connectivity index (χ3v) is 4.46. The number of hydrogen-bond donors (Lipinski definition) is 0. The Hall–Kier alpha value is -0.830. The van der Waals surface area contributed by atoms with E-state index in [2.05, 4.69) is 32.7 Å². The van der Waals surface area contributed by atoms with Crippen LogP contribution in [0.3, 0.4) is 0 Å². The molecular weight excluding hydrogens is 200 g/mol. The maximum atomic E-state index is 12.3. The van der Waals surface area contributed by atoms with Crippen molar-refractivity contribution in [1.29, 1.82) is 0 Å². The molecule has 0 aromatic carbocycles. The van der Waals surface area contributed by atoms with E-state index in [4.69, 9.17) is 0 Å². The van der Waals surface area contributed by atoms with Gasteiger partial charge in [-0.15, -0.1) is 0 Å². The standard InChI is InChI=1S/C13H22N2O/c1-8-6-12-11(4)14(5)10(3)9(2)13(16)15(12)7-8/h7,9-12H,6H2,1-5H3. The average Bonchev–Trinajstić information content (AvgIpc) is 2.63. The van der Waals surface area contributed by atoms with Crippen LogP contribution in [0.25, 0.3) is 0 Å². The lowest BCUT2D eigenvalue weighted by Gasteiger charge is -2.33. The number of nitrogens with zero attached hydrogens (tertiary/aromatic N) is 2. The molecule has 0 aromatic rings. The van der Waals surface area contributed by atoms with Crippen LogP contribution in [0.5, 0.6) is 0 Å². The second-order valence-corrected chi connectivity index (χ2v) is 5.43. The van der Waals surface area contributed by atoms with Gasteiger partial charge in [-0.1, -0.05) is 12.5 Å². The normalized spacial score (nSPS) is 40.7. The Morgan fingerprint density at radius 2 is 1.88 bits per heavy atom. The minimum absolute atomic E-state index is 0.0830. The first-order valence-electron chi connectivity index (χ1n) is 6.15. The van der Waals surface area contributed by atoms with Gasteiger partial charge in [0.25, 0.3) is 0 Å². The number of likely N-dealkylation sites (N-methyl/N-ethyl adjacent to an activating group) is 1. The summed E-state index contributed by atoms with van der Waals surface area (Å²) >= 11 is 0. The molecule has 2 aliphatic rings. The van der Waals surface area contributed by atoms with E-state index in [9.17, 15) is 4.79 Å². The SMILES string of the molecule is CC1=CN2C(=O)C(C)C(C)N(C)C(C)C2C1. The number of hydrogen-bond acceptors (Lipinski definition) is 2. The summed E-state index contributed by atoms with van der Waals surface area (Å²) in [5, 5.41) is 0. The fourth-order valence-corrected chi connectivity index (χ4v) is 2.88. The van der Waals surface area contributed by atoms with Crippen molar-refractivity contribution in [2.45, 2.75) is 52.2 Å². The van der Waals surface area contributed by atoms with Gasteiger partial charge in [0, 0.05) is 18.3 Å². The van der Waals surface area contributed by atoms with Crippen molar-refractivity contribution in [2.24, 2.45) is 5.92 Å². The minimum atomic E-state index is 0.0830. The van der Waals surface area contributed by atoms with E-state index in [1.54, 1.807) is 0 Å². The zero-order chi connectivity index (χ0) is 12.0. The maximum absolute atomic E-state index is 12.3. The molecule has 90 valence electrons. The van der Waals surface area contributed by atoms with Gasteiger partial charge in [-0.25, -0.2) is 0 Å². The molecule has 16 heavy (non-hydrogen) atoms. The number of amides is 1. The summed E-state index contributed by atoms with van der Waals surface area (Å²) in [6, 6.07) is 1.09. The van der Waals surface area contributed by atoms with E-state index in [0.29, 0.717) is 18.1 Å². The van der Waals surface area contributed by atoms with Gasteiger partial charge in [-0.3, -0.25) is 9.69 Å². The van der Waals surface area contributed by atoms with Crippen molar-refractivity contribution >= 4 is 5.91 Å². The summed E-state index contributed by atoms with van der Waals surface area (Å²) in [6.07, 6.45) is 3.07. The lowest BCUT2D eigenvalue weighted by Crippen LogP contribution is -2.45. The first-order chi connectivity index (χ1) is 7.43. The Kier molecular flexibility index (Phi) is 2.82. The monoisotopic (exact) mass is 222 g/mol. The van der Waals surface area contributed by atoms with Gasteiger partial charge < -0.3 is 4.90 Å². The predicted molar refractivity (Wildman–Crippen MR) is 64.9 cm³/mol. The van der Waals surface area contributed by atoms with Gasteiger partial charge >= 0.3 is 0 Å². The molecule has 2 rings (SSSR count). The van der Waals surface area contributed by atoms with E-state index in [-0.39, 0.29) is 11.8 Å². The highest BCUT2D eigenvalue weighted by Crippen LogP contribution is 2.32. The average molecular weight is 222 g/mol. The highest BCUT2D eigenvalue weighted by Gasteiger charge is 2.42.